The molecule has 2 aromatic heterocycles. The van der Waals surface area contributed by atoms with E-state index < -0.39 is 10.3 Å². The van der Waals surface area contributed by atoms with E-state index in [0.29, 0.717) is 22.8 Å². The number of hydrazine groups is 1. The molecule has 148 valence electrons. The van der Waals surface area contributed by atoms with Crippen molar-refractivity contribution in [2.75, 3.05) is 21.2 Å². The van der Waals surface area contributed by atoms with Gasteiger partial charge in [-0.2, -0.15) is 13.4 Å². The largest absolute Gasteiger partial charge is 0.460 e. The molecule has 0 fully saturated rings. The molecule has 0 aliphatic heterocycles. The first-order chi connectivity index (χ1) is 13.1. The van der Waals surface area contributed by atoms with Crippen molar-refractivity contribution < 1.29 is 17.4 Å². The zero-order valence-electron chi connectivity index (χ0n) is 14.8. The Labute approximate surface area is 161 Å². The van der Waals surface area contributed by atoms with Gasteiger partial charge in [-0.25, -0.2) is 10.8 Å². The molecule has 3 rings (SSSR count). The number of nitrogens with two attached hydrogens (primary N) is 3. The number of aryl methyl sites for hydroxylation is 1. The lowest BCUT2D eigenvalue weighted by molar-refractivity contribution is 0.489. The van der Waals surface area contributed by atoms with Crippen LogP contribution < -0.4 is 27.0 Å². The number of hydrogen-bond acceptors (Lipinski definition) is 9. The zero-order valence-corrected chi connectivity index (χ0v) is 15.6. The number of anilines is 4. The van der Waals surface area contributed by atoms with E-state index in [2.05, 4.69) is 9.97 Å². The minimum absolute atomic E-state index is 0.0366. The van der Waals surface area contributed by atoms with Gasteiger partial charge in [0.05, 0.1) is 12.2 Å². The Morgan fingerprint density at radius 1 is 1.21 bits per heavy atom. The summed E-state index contributed by atoms with van der Waals surface area (Å²) in [5.41, 5.74) is 13.3. The Bertz CT molecular complexity index is 1110. The van der Waals surface area contributed by atoms with Gasteiger partial charge in [0.25, 0.3) is 0 Å². The second-order valence-corrected chi connectivity index (χ2v) is 7.14. The van der Waals surface area contributed by atoms with Gasteiger partial charge in [-0.1, -0.05) is 12.1 Å². The Kier molecular flexibility index (Phi) is 5.09. The number of nitrogens with one attached hydrogen (secondary N) is 1. The van der Waals surface area contributed by atoms with Crippen LogP contribution >= 0.6 is 0 Å². The van der Waals surface area contributed by atoms with Gasteiger partial charge in [-0.15, -0.1) is 0 Å². The molecule has 0 aliphatic carbocycles. The predicted octanol–water partition coefficient (Wildman–Crippen LogP) is 1.30. The molecule has 3 aromatic rings. The Morgan fingerprint density at radius 2 is 1.96 bits per heavy atom. The molecule has 0 amide bonds. The van der Waals surface area contributed by atoms with E-state index in [1.807, 2.05) is 4.72 Å². The summed E-state index contributed by atoms with van der Waals surface area (Å²) in [7, 11) is -4.38. The van der Waals surface area contributed by atoms with Crippen molar-refractivity contribution in [3.63, 3.8) is 0 Å². The average molecular weight is 405 g/mol. The second kappa shape index (κ2) is 7.34. The van der Waals surface area contributed by atoms with E-state index in [4.69, 9.17) is 26.3 Å². The normalized spacial score (nSPS) is 11.4. The number of nitrogens with zero attached hydrogens (tertiary/aromatic N) is 3. The van der Waals surface area contributed by atoms with E-state index in [-0.39, 0.29) is 29.7 Å². The summed E-state index contributed by atoms with van der Waals surface area (Å²) in [5.74, 6) is 7.37. The summed E-state index contributed by atoms with van der Waals surface area (Å²) >= 11 is 0. The molecule has 0 unspecified atom stereocenters. The summed E-state index contributed by atoms with van der Waals surface area (Å²) in [6.07, 6.45) is 0. The highest BCUT2D eigenvalue weighted by Crippen LogP contribution is 2.32. The first-order valence-electron chi connectivity index (χ1n) is 7.98. The zero-order chi connectivity index (χ0) is 20.5. The molecule has 12 heteroatoms. The average Bonchev–Trinajstić information content (AvgIpc) is 3.01. The molecule has 0 saturated carbocycles. The Balaban J connectivity index is 1.90. The van der Waals surface area contributed by atoms with Gasteiger partial charge in [0.1, 0.15) is 17.1 Å². The third-order valence-electron chi connectivity index (χ3n) is 3.72. The van der Waals surface area contributed by atoms with E-state index in [0.717, 1.165) is 0 Å². The number of benzene rings is 1. The van der Waals surface area contributed by atoms with Crippen LogP contribution in [0.5, 0.6) is 0 Å². The minimum Gasteiger partial charge on any atom is -0.460 e. The number of aromatic nitrogens is 2. The number of rotatable bonds is 6. The highest BCUT2D eigenvalue weighted by molar-refractivity contribution is 7.87. The summed E-state index contributed by atoms with van der Waals surface area (Å²) in [4.78, 5) is 8.22. The van der Waals surface area contributed by atoms with Gasteiger partial charge in [-0.3, -0.25) is 14.3 Å². The molecule has 8 N–H and O–H groups in total. The summed E-state index contributed by atoms with van der Waals surface area (Å²) in [5, 5.41) is 1.25. The minimum atomic E-state index is -4.38. The fraction of sp³-hybridized carbons (Fsp3) is 0.125. The molecule has 1 aromatic carbocycles. The maximum Gasteiger partial charge on any atom is 0.357 e. The molecule has 2 heterocycles. The summed E-state index contributed by atoms with van der Waals surface area (Å²) in [6, 6.07) is 9.78. The van der Waals surface area contributed by atoms with Crippen molar-refractivity contribution in [3.8, 4) is 11.5 Å². The van der Waals surface area contributed by atoms with E-state index in [1.165, 1.54) is 17.1 Å². The molecule has 0 bridgehead atoms. The molecule has 0 aliphatic rings. The smallest absolute Gasteiger partial charge is 0.357 e. The van der Waals surface area contributed by atoms with Crippen LogP contribution in [0.1, 0.15) is 11.3 Å². The lowest BCUT2D eigenvalue weighted by atomic mass is 10.2. The van der Waals surface area contributed by atoms with Crippen molar-refractivity contribution >= 4 is 33.4 Å². The molecular formula is C16H19N7O4S. The topological polar surface area (TPSA) is 187 Å². The van der Waals surface area contributed by atoms with Gasteiger partial charge in [-0.05, 0) is 36.8 Å². The lowest BCUT2D eigenvalue weighted by Crippen LogP contribution is -2.32. The summed E-state index contributed by atoms with van der Waals surface area (Å²) < 4.78 is 38.3. The highest BCUT2D eigenvalue weighted by atomic mass is 32.2. The number of nitrogen functional groups attached to an aromatic ring is 2. The molecule has 0 radical (unpaired) electrons. The van der Waals surface area contributed by atoms with Gasteiger partial charge in [0.2, 0.25) is 5.95 Å². The molecular weight excluding hydrogens is 386 g/mol. The third kappa shape index (κ3) is 4.49. The maximum atomic E-state index is 11.0. The quantitative estimate of drug-likeness (QED) is 0.227. The molecule has 0 saturated heterocycles. The van der Waals surface area contributed by atoms with Crippen LogP contribution in [-0.4, -0.2) is 22.9 Å². The van der Waals surface area contributed by atoms with Crippen molar-refractivity contribution in [3.05, 3.63) is 47.7 Å². The van der Waals surface area contributed by atoms with Crippen molar-refractivity contribution in [1.29, 1.82) is 0 Å². The monoisotopic (exact) mass is 405 g/mol. The Morgan fingerprint density at radius 3 is 2.61 bits per heavy atom. The van der Waals surface area contributed by atoms with Crippen LogP contribution in [0.15, 0.2) is 40.8 Å². The van der Waals surface area contributed by atoms with E-state index in [9.17, 15) is 8.42 Å². The fourth-order valence-corrected chi connectivity index (χ4v) is 3.02. The van der Waals surface area contributed by atoms with Crippen LogP contribution in [0.2, 0.25) is 0 Å². The van der Waals surface area contributed by atoms with Crippen LogP contribution in [0.3, 0.4) is 0 Å². The van der Waals surface area contributed by atoms with Crippen molar-refractivity contribution in [2.45, 2.75) is 13.5 Å². The van der Waals surface area contributed by atoms with Gasteiger partial charge in [0.15, 0.2) is 11.6 Å². The molecule has 11 nitrogen and oxygen atoms in total. The maximum absolute atomic E-state index is 11.0. The SMILES string of the molecule is Cc1ccc(-c2nc(N)nc(N(N)Cc3cccc(NS(=O)(=O)O)c3)c2N)o1. The fourth-order valence-electron chi connectivity index (χ4n) is 2.60. The van der Waals surface area contributed by atoms with Crippen LogP contribution in [-0.2, 0) is 16.8 Å². The predicted molar refractivity (Wildman–Crippen MR) is 105 cm³/mol. The number of furan rings is 1. The lowest BCUT2D eigenvalue weighted by Gasteiger charge is -2.21. The van der Waals surface area contributed by atoms with Crippen LogP contribution in [0, 0.1) is 6.92 Å². The van der Waals surface area contributed by atoms with Gasteiger partial charge < -0.3 is 15.9 Å². The molecule has 0 atom stereocenters. The standard InChI is InChI=1S/C16H19N7O4S/c1-9-5-6-12(27-9)14-13(17)15(21-16(18)20-14)23(19)8-10-3-2-4-11(7-10)22-28(24,25)26/h2-7,22H,8,17,19H2,1H3,(H2,18,20,21)(H,24,25,26). The highest BCUT2D eigenvalue weighted by Gasteiger charge is 2.18. The van der Waals surface area contributed by atoms with Crippen LogP contribution in [0.25, 0.3) is 11.5 Å². The van der Waals surface area contributed by atoms with Crippen LogP contribution in [0.4, 0.5) is 23.1 Å². The van der Waals surface area contributed by atoms with Gasteiger partial charge >= 0.3 is 10.3 Å². The molecule has 0 spiro atoms. The Hall–Kier alpha value is -3.35. The van der Waals surface area contributed by atoms with Gasteiger partial charge in [0, 0.05) is 0 Å². The third-order valence-corrected chi connectivity index (χ3v) is 4.21. The van der Waals surface area contributed by atoms with Crippen molar-refractivity contribution in [1.82, 2.24) is 9.97 Å². The van der Waals surface area contributed by atoms with E-state index in [1.54, 1.807) is 31.2 Å². The first kappa shape index (κ1) is 19.4. The molecule has 28 heavy (non-hydrogen) atoms. The van der Waals surface area contributed by atoms with E-state index >= 15 is 0 Å². The number of hydrogen-bond donors (Lipinski definition) is 5. The summed E-state index contributed by atoms with van der Waals surface area (Å²) in [6.45, 7) is 1.91. The second-order valence-electron chi connectivity index (χ2n) is 5.98. The van der Waals surface area contributed by atoms with Crippen molar-refractivity contribution in [2.24, 2.45) is 5.84 Å². The first-order valence-corrected chi connectivity index (χ1v) is 9.42.